The van der Waals surface area contributed by atoms with Gasteiger partial charge in [0.1, 0.15) is 5.82 Å². The SMILES string of the molecule is CCCOc1nc(NCCc2ccsc2)ccc1N. The maximum atomic E-state index is 5.82. The number of ether oxygens (including phenoxy) is 1. The third kappa shape index (κ3) is 4.13. The topological polar surface area (TPSA) is 60.2 Å². The minimum absolute atomic E-state index is 0.516. The molecular formula is C14H19N3OS. The molecule has 0 aromatic carbocycles. The zero-order valence-corrected chi connectivity index (χ0v) is 11.9. The lowest BCUT2D eigenvalue weighted by Crippen LogP contribution is -2.08. The molecule has 0 radical (unpaired) electrons. The summed E-state index contributed by atoms with van der Waals surface area (Å²) < 4.78 is 5.50. The van der Waals surface area contributed by atoms with E-state index in [1.807, 2.05) is 12.1 Å². The lowest BCUT2D eigenvalue weighted by atomic mass is 10.2. The summed E-state index contributed by atoms with van der Waals surface area (Å²) in [5.74, 6) is 1.32. The Balaban J connectivity index is 1.89. The van der Waals surface area contributed by atoms with E-state index in [-0.39, 0.29) is 0 Å². The van der Waals surface area contributed by atoms with Crippen LogP contribution < -0.4 is 15.8 Å². The summed E-state index contributed by atoms with van der Waals surface area (Å²) in [7, 11) is 0. The summed E-state index contributed by atoms with van der Waals surface area (Å²) in [6.45, 7) is 3.54. The van der Waals surface area contributed by atoms with Crippen LogP contribution in [-0.4, -0.2) is 18.1 Å². The molecule has 0 saturated carbocycles. The Morgan fingerprint density at radius 2 is 2.26 bits per heavy atom. The molecule has 0 fully saturated rings. The lowest BCUT2D eigenvalue weighted by molar-refractivity contribution is 0.307. The van der Waals surface area contributed by atoms with Crippen LogP contribution in [0.25, 0.3) is 0 Å². The normalized spacial score (nSPS) is 10.4. The molecule has 0 saturated heterocycles. The van der Waals surface area contributed by atoms with Crippen molar-refractivity contribution in [2.45, 2.75) is 19.8 Å². The van der Waals surface area contributed by atoms with Crippen molar-refractivity contribution in [2.75, 3.05) is 24.2 Å². The zero-order valence-electron chi connectivity index (χ0n) is 11.1. The van der Waals surface area contributed by atoms with Gasteiger partial charge >= 0.3 is 0 Å². The van der Waals surface area contributed by atoms with E-state index >= 15 is 0 Å². The average Bonchev–Trinajstić information content (AvgIpc) is 2.92. The Kier molecular flexibility index (Phi) is 5.03. The van der Waals surface area contributed by atoms with Gasteiger partial charge < -0.3 is 15.8 Å². The largest absolute Gasteiger partial charge is 0.476 e. The maximum Gasteiger partial charge on any atom is 0.239 e. The van der Waals surface area contributed by atoms with Gasteiger partial charge in [0.05, 0.1) is 12.3 Å². The number of thiophene rings is 1. The predicted molar refractivity (Wildman–Crippen MR) is 80.9 cm³/mol. The second-order valence-corrected chi connectivity index (χ2v) is 5.03. The highest BCUT2D eigenvalue weighted by atomic mass is 32.1. The molecule has 0 aliphatic rings. The van der Waals surface area contributed by atoms with Crippen molar-refractivity contribution in [3.8, 4) is 5.88 Å². The summed E-state index contributed by atoms with van der Waals surface area (Å²) in [5.41, 5.74) is 7.75. The summed E-state index contributed by atoms with van der Waals surface area (Å²) in [4.78, 5) is 4.37. The third-order valence-electron chi connectivity index (χ3n) is 2.63. The van der Waals surface area contributed by atoms with Crippen LogP contribution >= 0.6 is 11.3 Å². The number of nitrogens with two attached hydrogens (primary N) is 1. The van der Waals surface area contributed by atoms with E-state index in [1.165, 1.54) is 5.56 Å². The molecule has 102 valence electrons. The summed E-state index contributed by atoms with van der Waals surface area (Å²) in [5, 5.41) is 7.54. The number of nitrogen functional groups attached to an aromatic ring is 1. The van der Waals surface area contributed by atoms with Gasteiger partial charge in [0.2, 0.25) is 5.88 Å². The van der Waals surface area contributed by atoms with Crippen LogP contribution in [0, 0.1) is 0 Å². The molecular weight excluding hydrogens is 258 g/mol. The Bertz CT molecular complexity index is 499. The fraction of sp³-hybridized carbons (Fsp3) is 0.357. The number of nitrogens with one attached hydrogen (secondary N) is 1. The molecule has 2 aromatic rings. The number of rotatable bonds is 7. The lowest BCUT2D eigenvalue weighted by Gasteiger charge is -2.10. The molecule has 0 aliphatic heterocycles. The number of aromatic nitrogens is 1. The first kappa shape index (κ1) is 13.7. The molecule has 2 heterocycles. The van der Waals surface area contributed by atoms with E-state index in [1.54, 1.807) is 11.3 Å². The molecule has 0 amide bonds. The highest BCUT2D eigenvalue weighted by Crippen LogP contribution is 2.21. The molecule has 4 nitrogen and oxygen atoms in total. The zero-order chi connectivity index (χ0) is 13.5. The Morgan fingerprint density at radius 3 is 3.00 bits per heavy atom. The van der Waals surface area contributed by atoms with Crippen LogP contribution in [0.3, 0.4) is 0 Å². The van der Waals surface area contributed by atoms with Crippen LogP contribution in [-0.2, 0) is 6.42 Å². The van der Waals surface area contributed by atoms with Gasteiger partial charge in [-0.1, -0.05) is 6.92 Å². The first-order valence-corrected chi connectivity index (χ1v) is 7.38. The summed E-state index contributed by atoms with van der Waals surface area (Å²) in [6.07, 6.45) is 1.93. The van der Waals surface area contributed by atoms with Crippen molar-refractivity contribution >= 4 is 22.8 Å². The number of hydrogen-bond donors (Lipinski definition) is 2. The van der Waals surface area contributed by atoms with E-state index in [4.69, 9.17) is 10.5 Å². The van der Waals surface area contributed by atoms with Crippen molar-refractivity contribution < 1.29 is 4.74 Å². The second-order valence-electron chi connectivity index (χ2n) is 4.25. The molecule has 2 rings (SSSR count). The fourth-order valence-corrected chi connectivity index (χ4v) is 2.34. The van der Waals surface area contributed by atoms with Gasteiger partial charge in [0.25, 0.3) is 0 Å². The van der Waals surface area contributed by atoms with Crippen LogP contribution in [0.2, 0.25) is 0 Å². The van der Waals surface area contributed by atoms with E-state index < -0.39 is 0 Å². The molecule has 5 heteroatoms. The van der Waals surface area contributed by atoms with E-state index in [0.29, 0.717) is 18.2 Å². The molecule has 0 aliphatic carbocycles. The molecule has 0 spiro atoms. The molecule has 0 unspecified atom stereocenters. The minimum atomic E-state index is 0.516. The van der Waals surface area contributed by atoms with Gasteiger partial charge in [-0.05, 0) is 47.4 Å². The Morgan fingerprint density at radius 1 is 1.37 bits per heavy atom. The van der Waals surface area contributed by atoms with Crippen molar-refractivity contribution in [1.29, 1.82) is 0 Å². The molecule has 0 bridgehead atoms. The van der Waals surface area contributed by atoms with Crippen molar-refractivity contribution in [3.63, 3.8) is 0 Å². The third-order valence-corrected chi connectivity index (χ3v) is 3.36. The van der Waals surface area contributed by atoms with E-state index in [9.17, 15) is 0 Å². The number of pyridine rings is 1. The van der Waals surface area contributed by atoms with Crippen LogP contribution in [0.5, 0.6) is 5.88 Å². The van der Waals surface area contributed by atoms with Crippen molar-refractivity contribution in [1.82, 2.24) is 4.98 Å². The second kappa shape index (κ2) is 6.99. The molecule has 3 N–H and O–H groups in total. The van der Waals surface area contributed by atoms with Crippen LogP contribution in [0.15, 0.2) is 29.0 Å². The van der Waals surface area contributed by atoms with Crippen LogP contribution in [0.4, 0.5) is 11.5 Å². The highest BCUT2D eigenvalue weighted by Gasteiger charge is 2.04. The first-order valence-electron chi connectivity index (χ1n) is 6.44. The quantitative estimate of drug-likeness (QED) is 0.816. The highest BCUT2D eigenvalue weighted by molar-refractivity contribution is 7.07. The summed E-state index contributed by atoms with van der Waals surface area (Å²) >= 11 is 1.72. The van der Waals surface area contributed by atoms with Gasteiger partial charge in [-0.2, -0.15) is 16.3 Å². The van der Waals surface area contributed by atoms with Crippen LogP contribution in [0.1, 0.15) is 18.9 Å². The van der Waals surface area contributed by atoms with Crippen molar-refractivity contribution in [3.05, 3.63) is 34.5 Å². The first-order chi connectivity index (χ1) is 9.29. The smallest absolute Gasteiger partial charge is 0.239 e. The van der Waals surface area contributed by atoms with Gasteiger partial charge in [0, 0.05) is 6.54 Å². The van der Waals surface area contributed by atoms with Gasteiger partial charge in [-0.15, -0.1) is 0 Å². The number of hydrogen-bond acceptors (Lipinski definition) is 5. The van der Waals surface area contributed by atoms with Gasteiger partial charge in [-0.3, -0.25) is 0 Å². The van der Waals surface area contributed by atoms with E-state index in [0.717, 1.165) is 25.2 Å². The fourth-order valence-electron chi connectivity index (χ4n) is 1.63. The van der Waals surface area contributed by atoms with Gasteiger partial charge in [0.15, 0.2) is 0 Å². The van der Waals surface area contributed by atoms with Crippen molar-refractivity contribution in [2.24, 2.45) is 0 Å². The molecule has 2 aromatic heterocycles. The molecule has 0 atom stereocenters. The monoisotopic (exact) mass is 277 g/mol. The number of nitrogens with zero attached hydrogens (tertiary/aromatic N) is 1. The standard InChI is InChI=1S/C14H19N3OS/c1-2-8-18-14-12(15)3-4-13(17-14)16-7-5-11-6-9-19-10-11/h3-4,6,9-10H,2,5,7-8,15H2,1H3,(H,16,17). The van der Waals surface area contributed by atoms with Gasteiger partial charge in [-0.25, -0.2) is 0 Å². The Hall–Kier alpha value is -1.75. The minimum Gasteiger partial charge on any atom is -0.476 e. The Labute approximate surface area is 117 Å². The summed E-state index contributed by atoms with van der Waals surface area (Å²) in [6, 6.07) is 5.84. The average molecular weight is 277 g/mol. The number of anilines is 2. The van der Waals surface area contributed by atoms with E-state index in [2.05, 4.69) is 34.1 Å². The maximum absolute atomic E-state index is 5.82. The predicted octanol–water partition coefficient (Wildman–Crippen LogP) is 3.17. The molecule has 19 heavy (non-hydrogen) atoms.